The van der Waals surface area contributed by atoms with Gasteiger partial charge in [0.15, 0.2) is 5.96 Å². The molecular weight excluding hydrogens is 252 g/mol. The smallest absolute Gasteiger partial charge is 0.251 e. The van der Waals surface area contributed by atoms with E-state index in [1.807, 2.05) is 31.2 Å². The lowest BCUT2D eigenvalue weighted by Gasteiger charge is -2.27. The summed E-state index contributed by atoms with van der Waals surface area (Å²) in [7, 11) is 0. The van der Waals surface area contributed by atoms with E-state index in [-0.39, 0.29) is 11.9 Å². The van der Waals surface area contributed by atoms with Gasteiger partial charge >= 0.3 is 0 Å². The number of carbonyl (C=O) groups excluding carboxylic acids is 1. The number of rotatable bonds is 4. The fourth-order valence-corrected chi connectivity index (χ4v) is 2.17. The molecule has 5 nitrogen and oxygen atoms in total. The highest BCUT2D eigenvalue weighted by molar-refractivity contribution is 6.05. The van der Waals surface area contributed by atoms with Gasteiger partial charge in [-0.05, 0) is 37.0 Å². The van der Waals surface area contributed by atoms with Crippen LogP contribution in [0.2, 0.25) is 0 Å². The lowest BCUT2D eigenvalue weighted by molar-refractivity contribution is -0.113. The maximum atomic E-state index is 12.0. The van der Waals surface area contributed by atoms with Gasteiger partial charge in [0.1, 0.15) is 0 Å². The minimum Gasteiger partial charge on any atom is -0.370 e. The van der Waals surface area contributed by atoms with E-state index in [0.717, 1.165) is 23.2 Å². The topological polar surface area (TPSA) is 91.0 Å². The van der Waals surface area contributed by atoms with Gasteiger partial charge in [-0.25, -0.2) is 0 Å². The third-order valence-electron chi connectivity index (χ3n) is 3.69. The average Bonchev–Trinajstić information content (AvgIpc) is 2.43. The monoisotopic (exact) mass is 272 g/mol. The molecule has 5 heteroatoms. The van der Waals surface area contributed by atoms with Crippen LogP contribution in [0.4, 0.5) is 5.69 Å². The molecule has 0 saturated heterocycles. The predicted molar refractivity (Wildman–Crippen MR) is 80.3 cm³/mol. The Bertz CT molecular complexity index is 560. The van der Waals surface area contributed by atoms with Crippen LogP contribution in [0.3, 0.4) is 0 Å². The van der Waals surface area contributed by atoms with Gasteiger partial charge < -0.3 is 16.4 Å². The molecule has 0 fully saturated rings. The second kappa shape index (κ2) is 5.77. The molecule has 1 aromatic rings. The summed E-state index contributed by atoms with van der Waals surface area (Å²) >= 11 is 0. The Morgan fingerprint density at radius 3 is 2.55 bits per heavy atom. The number of nitrogens with two attached hydrogens (primary N) is 1. The van der Waals surface area contributed by atoms with Crippen LogP contribution in [0, 0.1) is 11.3 Å². The van der Waals surface area contributed by atoms with Gasteiger partial charge in [0.25, 0.3) is 5.91 Å². The summed E-state index contributed by atoms with van der Waals surface area (Å²) in [6, 6.07) is 7.51. The number of guanidine groups is 1. The van der Waals surface area contributed by atoms with Crippen LogP contribution >= 0.6 is 0 Å². The summed E-state index contributed by atoms with van der Waals surface area (Å²) in [5.74, 6) is 0.467. The molecular formula is C15H20N4O. The molecule has 0 spiro atoms. The van der Waals surface area contributed by atoms with Crippen molar-refractivity contribution in [1.29, 1.82) is 5.41 Å². The molecule has 1 amide bonds. The number of hydrogen-bond acceptors (Lipinski definition) is 2. The van der Waals surface area contributed by atoms with Crippen LogP contribution in [0.1, 0.15) is 25.8 Å². The Labute approximate surface area is 118 Å². The predicted octanol–water partition coefficient (Wildman–Crippen LogP) is 1.96. The Morgan fingerprint density at radius 2 is 2.05 bits per heavy atom. The van der Waals surface area contributed by atoms with E-state index in [2.05, 4.69) is 17.6 Å². The zero-order valence-electron chi connectivity index (χ0n) is 11.8. The molecule has 1 aliphatic carbocycles. The van der Waals surface area contributed by atoms with Gasteiger partial charge in [-0.1, -0.05) is 24.6 Å². The first-order valence-corrected chi connectivity index (χ1v) is 6.65. The van der Waals surface area contributed by atoms with Gasteiger partial charge in [0.05, 0.1) is 0 Å². The molecule has 0 bridgehead atoms. The highest BCUT2D eigenvalue weighted by Gasteiger charge is 2.26. The highest BCUT2D eigenvalue weighted by Crippen LogP contribution is 2.34. The summed E-state index contributed by atoms with van der Waals surface area (Å²) in [4.78, 5) is 12.0. The minimum absolute atomic E-state index is 0.00443. The second-order valence-electron chi connectivity index (χ2n) is 5.19. The maximum absolute atomic E-state index is 12.0. The van der Waals surface area contributed by atoms with Crippen LogP contribution < -0.4 is 16.4 Å². The molecule has 0 heterocycles. The van der Waals surface area contributed by atoms with E-state index >= 15 is 0 Å². The summed E-state index contributed by atoms with van der Waals surface area (Å²) in [6.07, 6.45) is 0.859. The van der Waals surface area contributed by atoms with Crippen molar-refractivity contribution < 1.29 is 4.79 Å². The Kier molecular flexibility index (Phi) is 4.08. The van der Waals surface area contributed by atoms with Crippen LogP contribution in [-0.4, -0.2) is 11.9 Å². The zero-order chi connectivity index (χ0) is 14.7. The van der Waals surface area contributed by atoms with Crippen molar-refractivity contribution in [2.75, 3.05) is 5.32 Å². The largest absolute Gasteiger partial charge is 0.370 e. The zero-order valence-corrected chi connectivity index (χ0v) is 11.8. The first kappa shape index (κ1) is 14.1. The summed E-state index contributed by atoms with van der Waals surface area (Å²) in [5.41, 5.74) is 9.10. The first-order valence-electron chi connectivity index (χ1n) is 6.65. The standard InChI is InChI=1S/C15H20N4O/c1-9-7-13(10(9)2)14(20)19-12-5-3-11(4-6-12)8-18-15(16)17/h3-6,9H,7-8H2,1-2H3,(H,19,20)(H4,16,17,18). The Morgan fingerprint density at radius 1 is 1.40 bits per heavy atom. The minimum atomic E-state index is -0.0519. The number of carbonyl (C=O) groups is 1. The van der Waals surface area contributed by atoms with Crippen molar-refractivity contribution in [3.05, 3.63) is 41.0 Å². The van der Waals surface area contributed by atoms with Crippen molar-refractivity contribution in [1.82, 2.24) is 5.32 Å². The van der Waals surface area contributed by atoms with E-state index in [4.69, 9.17) is 11.1 Å². The summed E-state index contributed by atoms with van der Waals surface area (Å²) in [6.45, 7) is 4.65. The molecule has 0 radical (unpaired) electrons. The normalized spacial score (nSPS) is 17.4. The van der Waals surface area contributed by atoms with Crippen LogP contribution in [0.25, 0.3) is 0 Å². The number of allylic oxidation sites excluding steroid dienone is 1. The number of nitrogens with one attached hydrogen (secondary N) is 3. The molecule has 1 aromatic carbocycles. The van der Waals surface area contributed by atoms with Crippen molar-refractivity contribution in [2.45, 2.75) is 26.8 Å². The van der Waals surface area contributed by atoms with Crippen molar-refractivity contribution in [2.24, 2.45) is 11.7 Å². The maximum Gasteiger partial charge on any atom is 0.251 e. The van der Waals surface area contributed by atoms with Gasteiger partial charge in [-0.15, -0.1) is 0 Å². The fraction of sp³-hybridized carbons (Fsp3) is 0.333. The van der Waals surface area contributed by atoms with Crippen molar-refractivity contribution >= 4 is 17.6 Å². The lowest BCUT2D eigenvalue weighted by Crippen LogP contribution is -2.29. The van der Waals surface area contributed by atoms with Gasteiger partial charge in [0.2, 0.25) is 0 Å². The van der Waals surface area contributed by atoms with Gasteiger partial charge in [-0.3, -0.25) is 10.2 Å². The van der Waals surface area contributed by atoms with Crippen molar-refractivity contribution in [3.8, 4) is 0 Å². The molecule has 5 N–H and O–H groups in total. The Hall–Kier alpha value is -2.30. The molecule has 1 atom stereocenters. The van der Waals surface area contributed by atoms with Crippen LogP contribution in [0.15, 0.2) is 35.4 Å². The number of amides is 1. The molecule has 1 unspecified atom stereocenters. The number of anilines is 1. The molecule has 0 saturated carbocycles. The summed E-state index contributed by atoms with van der Waals surface area (Å²) < 4.78 is 0. The lowest BCUT2D eigenvalue weighted by atomic mass is 9.79. The molecule has 106 valence electrons. The van der Waals surface area contributed by atoms with E-state index in [1.54, 1.807) is 0 Å². The van der Waals surface area contributed by atoms with E-state index in [1.165, 1.54) is 5.57 Å². The average molecular weight is 272 g/mol. The second-order valence-corrected chi connectivity index (χ2v) is 5.19. The summed E-state index contributed by atoms with van der Waals surface area (Å²) in [5, 5.41) is 12.7. The molecule has 0 aromatic heterocycles. The van der Waals surface area contributed by atoms with Crippen LogP contribution in [-0.2, 0) is 11.3 Å². The third-order valence-corrected chi connectivity index (χ3v) is 3.69. The van der Waals surface area contributed by atoms with Gasteiger partial charge in [0, 0.05) is 17.8 Å². The fourth-order valence-electron chi connectivity index (χ4n) is 2.17. The number of benzene rings is 1. The first-order chi connectivity index (χ1) is 9.47. The van der Waals surface area contributed by atoms with E-state index in [9.17, 15) is 4.79 Å². The molecule has 0 aliphatic heterocycles. The number of hydrogen-bond donors (Lipinski definition) is 4. The third kappa shape index (κ3) is 3.17. The molecule has 1 aliphatic rings. The highest BCUT2D eigenvalue weighted by atomic mass is 16.1. The van der Waals surface area contributed by atoms with E-state index < -0.39 is 0 Å². The quantitative estimate of drug-likeness (QED) is 0.499. The van der Waals surface area contributed by atoms with Gasteiger partial charge in [-0.2, -0.15) is 0 Å². The SMILES string of the molecule is CC1=C(C(=O)Nc2ccc(CNC(=N)N)cc2)CC1C. The van der Waals surface area contributed by atoms with Crippen molar-refractivity contribution in [3.63, 3.8) is 0 Å². The van der Waals surface area contributed by atoms with E-state index in [0.29, 0.717) is 12.5 Å². The molecule has 2 rings (SSSR count). The van der Waals surface area contributed by atoms with Crippen LogP contribution in [0.5, 0.6) is 0 Å². The Balaban J connectivity index is 1.94. The molecule has 20 heavy (non-hydrogen) atoms.